The predicted octanol–water partition coefficient (Wildman–Crippen LogP) is 2.37. The molecule has 0 radical (unpaired) electrons. The Bertz CT molecular complexity index is 1080. The zero-order valence-corrected chi connectivity index (χ0v) is 16.7. The van der Waals surface area contributed by atoms with E-state index in [1.807, 2.05) is 12.1 Å². The van der Waals surface area contributed by atoms with Crippen LogP contribution < -0.4 is 0 Å². The zero-order valence-electron chi connectivity index (χ0n) is 16.7. The summed E-state index contributed by atoms with van der Waals surface area (Å²) in [6.07, 6.45) is -1.04. The third-order valence-electron chi connectivity index (χ3n) is 4.54. The summed E-state index contributed by atoms with van der Waals surface area (Å²) in [5.74, 6) is -1.55. The van der Waals surface area contributed by atoms with Crippen LogP contribution in [0.4, 0.5) is 0 Å². The molecule has 1 atom stereocenters. The van der Waals surface area contributed by atoms with Crippen LogP contribution in [0.15, 0.2) is 24.3 Å². The van der Waals surface area contributed by atoms with Crippen molar-refractivity contribution in [3.05, 3.63) is 46.8 Å². The number of nitrogens with one attached hydrogen (secondary N) is 1. The minimum atomic E-state index is -1.04. The normalized spacial score (nSPS) is 12.0. The fourth-order valence-corrected chi connectivity index (χ4v) is 3.15. The Hall–Kier alpha value is -3.49. The molecule has 0 saturated heterocycles. The maximum absolute atomic E-state index is 12.8. The first kappa shape index (κ1) is 20.2. The number of hydrogen-bond donors (Lipinski definition) is 1. The summed E-state index contributed by atoms with van der Waals surface area (Å²) >= 11 is 0. The summed E-state index contributed by atoms with van der Waals surface area (Å²) in [5.41, 5.74) is 2.89. The van der Waals surface area contributed by atoms with Gasteiger partial charge in [0.1, 0.15) is 12.1 Å². The Balaban J connectivity index is 1.71. The number of carbonyl (C=O) groups is 3. The maximum Gasteiger partial charge on any atom is 0.340 e. The van der Waals surface area contributed by atoms with Gasteiger partial charge in [-0.25, -0.2) is 9.48 Å². The summed E-state index contributed by atoms with van der Waals surface area (Å²) in [5, 5.41) is 7.91. The number of aromatic amines is 1. The molecular formula is C20H22N4O5. The number of aromatic nitrogens is 4. The van der Waals surface area contributed by atoms with Gasteiger partial charge in [0.2, 0.25) is 5.78 Å². The van der Waals surface area contributed by atoms with Crippen molar-refractivity contribution in [1.82, 2.24) is 20.0 Å². The molecule has 3 aromatic rings. The van der Waals surface area contributed by atoms with E-state index in [9.17, 15) is 14.4 Å². The van der Waals surface area contributed by atoms with Crippen LogP contribution in [-0.4, -0.2) is 50.4 Å². The van der Waals surface area contributed by atoms with E-state index in [4.69, 9.17) is 9.47 Å². The number of aryl methyl sites for hydroxylation is 1. The van der Waals surface area contributed by atoms with E-state index in [2.05, 4.69) is 15.3 Å². The van der Waals surface area contributed by atoms with Crippen LogP contribution in [-0.2, 0) is 20.8 Å². The van der Waals surface area contributed by atoms with Gasteiger partial charge in [0.15, 0.2) is 6.10 Å². The smallest absolute Gasteiger partial charge is 0.340 e. The molecule has 2 aromatic heterocycles. The first-order valence-corrected chi connectivity index (χ1v) is 9.21. The number of ether oxygens (including phenoxy) is 2. The highest BCUT2D eigenvalue weighted by molar-refractivity contribution is 6.04. The van der Waals surface area contributed by atoms with Gasteiger partial charge >= 0.3 is 11.9 Å². The number of Topliss-reactive ketones (excluding diaryl/α,β-unsaturated/α-hetero) is 1. The number of benzene rings is 1. The van der Waals surface area contributed by atoms with Crippen LogP contribution in [0.5, 0.6) is 0 Å². The lowest BCUT2D eigenvalue weighted by Gasteiger charge is -2.12. The van der Waals surface area contributed by atoms with E-state index in [0.717, 1.165) is 0 Å². The summed E-state index contributed by atoms with van der Waals surface area (Å²) in [7, 11) is 0. The molecular weight excluding hydrogens is 376 g/mol. The number of nitrogens with zero attached hydrogens (tertiary/aromatic N) is 3. The molecule has 1 N–H and O–H groups in total. The molecule has 9 nitrogen and oxygen atoms in total. The molecule has 0 amide bonds. The monoisotopic (exact) mass is 398 g/mol. The molecule has 2 heterocycles. The predicted molar refractivity (Wildman–Crippen MR) is 104 cm³/mol. The number of carbonyl (C=O) groups excluding carboxylic acids is 3. The first-order chi connectivity index (χ1) is 13.8. The molecule has 1 aromatic carbocycles. The SMILES string of the molecule is CCOC(=O)c1c(C)[nH]c(C(=O)C(C)OC(=O)Cn2nnc3ccccc32)c1C. The first-order valence-electron chi connectivity index (χ1n) is 9.21. The molecule has 9 heteroatoms. The summed E-state index contributed by atoms with van der Waals surface area (Å²) < 4.78 is 11.7. The second-order valence-corrected chi connectivity index (χ2v) is 6.58. The standard InChI is InChI=1S/C20H22N4O5/c1-5-28-20(27)17-11(2)18(21-12(17)3)19(26)13(4)29-16(25)10-24-15-9-7-6-8-14(15)22-23-24/h6-9,13,21H,5,10H2,1-4H3. The summed E-state index contributed by atoms with van der Waals surface area (Å²) in [6.45, 7) is 6.59. The van der Waals surface area contributed by atoms with E-state index in [1.54, 1.807) is 32.9 Å². The van der Waals surface area contributed by atoms with Crippen molar-refractivity contribution < 1.29 is 23.9 Å². The van der Waals surface area contributed by atoms with Crippen LogP contribution in [0.1, 0.15) is 46.0 Å². The van der Waals surface area contributed by atoms with Gasteiger partial charge in [-0.3, -0.25) is 9.59 Å². The Morgan fingerprint density at radius 2 is 1.93 bits per heavy atom. The molecule has 0 fully saturated rings. The molecule has 0 aliphatic carbocycles. The van der Waals surface area contributed by atoms with Gasteiger partial charge < -0.3 is 14.5 Å². The van der Waals surface area contributed by atoms with Gasteiger partial charge in [-0.2, -0.15) is 0 Å². The van der Waals surface area contributed by atoms with Crippen molar-refractivity contribution in [3.8, 4) is 0 Å². The Morgan fingerprint density at radius 1 is 1.21 bits per heavy atom. The van der Waals surface area contributed by atoms with E-state index in [0.29, 0.717) is 27.9 Å². The average molecular weight is 398 g/mol. The number of hydrogen-bond acceptors (Lipinski definition) is 7. The van der Waals surface area contributed by atoms with E-state index < -0.39 is 23.8 Å². The third-order valence-corrected chi connectivity index (χ3v) is 4.54. The summed E-state index contributed by atoms with van der Waals surface area (Å²) in [6, 6.07) is 7.22. The van der Waals surface area contributed by atoms with Gasteiger partial charge in [-0.1, -0.05) is 17.3 Å². The van der Waals surface area contributed by atoms with Crippen LogP contribution in [0.25, 0.3) is 11.0 Å². The largest absolute Gasteiger partial charge is 0.462 e. The number of fused-ring (bicyclic) bond motifs is 1. The fourth-order valence-electron chi connectivity index (χ4n) is 3.15. The van der Waals surface area contributed by atoms with Crippen LogP contribution in [0.3, 0.4) is 0 Å². The van der Waals surface area contributed by atoms with Gasteiger partial charge in [-0.15, -0.1) is 5.10 Å². The maximum atomic E-state index is 12.8. The lowest BCUT2D eigenvalue weighted by atomic mass is 10.1. The van der Waals surface area contributed by atoms with Gasteiger partial charge in [0.25, 0.3) is 0 Å². The van der Waals surface area contributed by atoms with Crippen LogP contribution >= 0.6 is 0 Å². The number of H-pyrrole nitrogens is 1. The zero-order chi connectivity index (χ0) is 21.1. The van der Waals surface area contributed by atoms with Crippen molar-refractivity contribution in [2.45, 2.75) is 40.3 Å². The molecule has 0 aliphatic rings. The molecule has 0 saturated carbocycles. The van der Waals surface area contributed by atoms with Crippen molar-refractivity contribution in [2.75, 3.05) is 6.61 Å². The van der Waals surface area contributed by atoms with Gasteiger partial charge in [0, 0.05) is 5.69 Å². The van der Waals surface area contributed by atoms with Crippen molar-refractivity contribution in [3.63, 3.8) is 0 Å². The molecule has 3 rings (SSSR count). The second-order valence-electron chi connectivity index (χ2n) is 6.58. The molecule has 1 unspecified atom stereocenters. The number of rotatable bonds is 7. The minimum absolute atomic E-state index is 0.172. The number of esters is 2. The molecule has 152 valence electrons. The van der Waals surface area contributed by atoms with Crippen molar-refractivity contribution in [1.29, 1.82) is 0 Å². The molecule has 0 bridgehead atoms. The second kappa shape index (κ2) is 8.26. The molecule has 0 spiro atoms. The van der Waals surface area contributed by atoms with E-state index >= 15 is 0 Å². The Labute approximate surface area is 167 Å². The average Bonchev–Trinajstić information content (AvgIpc) is 3.21. The highest BCUT2D eigenvalue weighted by atomic mass is 16.5. The third kappa shape index (κ3) is 4.03. The number of ketones is 1. The molecule has 29 heavy (non-hydrogen) atoms. The fraction of sp³-hybridized carbons (Fsp3) is 0.350. The minimum Gasteiger partial charge on any atom is -0.462 e. The van der Waals surface area contributed by atoms with Gasteiger partial charge in [0.05, 0.1) is 23.4 Å². The number of para-hydroxylation sites is 1. The topological polar surface area (TPSA) is 116 Å². The van der Waals surface area contributed by atoms with Crippen LogP contribution in [0.2, 0.25) is 0 Å². The lowest BCUT2D eigenvalue weighted by molar-refractivity contribution is -0.147. The molecule has 0 aliphatic heterocycles. The Morgan fingerprint density at radius 3 is 2.66 bits per heavy atom. The Kier molecular flexibility index (Phi) is 5.76. The van der Waals surface area contributed by atoms with E-state index in [-0.39, 0.29) is 18.8 Å². The summed E-state index contributed by atoms with van der Waals surface area (Å²) in [4.78, 5) is 40.1. The van der Waals surface area contributed by atoms with E-state index in [1.165, 1.54) is 11.6 Å². The van der Waals surface area contributed by atoms with Crippen molar-refractivity contribution >= 4 is 28.8 Å². The van der Waals surface area contributed by atoms with Crippen molar-refractivity contribution in [2.24, 2.45) is 0 Å². The lowest BCUT2D eigenvalue weighted by Crippen LogP contribution is -2.27. The van der Waals surface area contributed by atoms with Gasteiger partial charge in [-0.05, 0) is 45.4 Å². The highest BCUT2D eigenvalue weighted by Gasteiger charge is 2.27. The highest BCUT2D eigenvalue weighted by Crippen LogP contribution is 2.21. The van der Waals surface area contributed by atoms with Crippen LogP contribution in [0, 0.1) is 13.8 Å². The quantitative estimate of drug-likeness (QED) is 0.480.